The van der Waals surface area contributed by atoms with Gasteiger partial charge in [0.25, 0.3) is 5.91 Å². The predicted octanol–water partition coefficient (Wildman–Crippen LogP) is 2.52. The molecule has 0 fully saturated rings. The van der Waals surface area contributed by atoms with Gasteiger partial charge in [0, 0.05) is 25.3 Å². The minimum absolute atomic E-state index is 0.0529. The SMILES string of the molecule is CC(Oc1ccccc1)C(=O)NCC(=O)c1ccc(N(C)C)cc1. The molecule has 5 heteroatoms. The van der Waals surface area contributed by atoms with Crippen LogP contribution in [0.4, 0.5) is 5.69 Å². The lowest BCUT2D eigenvalue weighted by molar-refractivity contribution is -0.127. The first kappa shape index (κ1) is 17.5. The van der Waals surface area contributed by atoms with Gasteiger partial charge >= 0.3 is 0 Å². The average Bonchev–Trinajstić information content (AvgIpc) is 2.60. The lowest BCUT2D eigenvalue weighted by atomic mass is 10.1. The normalized spacial score (nSPS) is 11.5. The van der Waals surface area contributed by atoms with Crippen molar-refractivity contribution in [3.05, 3.63) is 60.2 Å². The first-order chi connectivity index (χ1) is 11.5. The van der Waals surface area contributed by atoms with E-state index in [0.717, 1.165) is 5.69 Å². The van der Waals surface area contributed by atoms with Crippen molar-refractivity contribution in [1.82, 2.24) is 5.32 Å². The number of nitrogens with one attached hydrogen (secondary N) is 1. The molecule has 0 aliphatic rings. The van der Waals surface area contributed by atoms with E-state index in [-0.39, 0.29) is 18.2 Å². The Labute approximate surface area is 142 Å². The number of rotatable bonds is 7. The molecule has 0 bridgehead atoms. The molecule has 0 heterocycles. The van der Waals surface area contributed by atoms with E-state index in [9.17, 15) is 9.59 Å². The first-order valence-electron chi connectivity index (χ1n) is 7.77. The van der Waals surface area contributed by atoms with E-state index in [1.165, 1.54) is 0 Å². The van der Waals surface area contributed by atoms with Crippen LogP contribution in [0.1, 0.15) is 17.3 Å². The van der Waals surface area contributed by atoms with E-state index < -0.39 is 6.10 Å². The van der Waals surface area contributed by atoms with Crippen molar-refractivity contribution in [2.24, 2.45) is 0 Å². The molecule has 0 aliphatic carbocycles. The van der Waals surface area contributed by atoms with Crippen LogP contribution in [0, 0.1) is 0 Å². The van der Waals surface area contributed by atoms with Crippen LogP contribution >= 0.6 is 0 Å². The fraction of sp³-hybridized carbons (Fsp3) is 0.263. The summed E-state index contributed by atoms with van der Waals surface area (Å²) in [5.74, 6) is 0.156. The zero-order valence-corrected chi connectivity index (χ0v) is 14.2. The van der Waals surface area contributed by atoms with Crippen LogP contribution in [0.15, 0.2) is 54.6 Å². The van der Waals surface area contributed by atoms with E-state index in [0.29, 0.717) is 11.3 Å². The lowest BCUT2D eigenvalue weighted by Gasteiger charge is -2.15. The summed E-state index contributed by atoms with van der Waals surface area (Å²) < 4.78 is 5.53. The van der Waals surface area contributed by atoms with E-state index in [2.05, 4.69) is 5.32 Å². The maximum Gasteiger partial charge on any atom is 0.261 e. The summed E-state index contributed by atoms with van der Waals surface area (Å²) in [7, 11) is 3.87. The lowest BCUT2D eigenvalue weighted by Crippen LogP contribution is -2.39. The molecule has 5 nitrogen and oxygen atoms in total. The van der Waals surface area contributed by atoms with Crippen molar-refractivity contribution < 1.29 is 14.3 Å². The number of nitrogens with zero attached hydrogens (tertiary/aromatic N) is 1. The Morgan fingerprint density at radius 2 is 1.67 bits per heavy atom. The van der Waals surface area contributed by atoms with Gasteiger partial charge in [0.2, 0.25) is 0 Å². The van der Waals surface area contributed by atoms with Crippen molar-refractivity contribution in [3.8, 4) is 5.75 Å². The van der Waals surface area contributed by atoms with Gasteiger partial charge in [-0.3, -0.25) is 9.59 Å². The van der Waals surface area contributed by atoms with Crippen molar-refractivity contribution in [3.63, 3.8) is 0 Å². The molecule has 126 valence electrons. The van der Waals surface area contributed by atoms with Crippen LogP contribution in [0.2, 0.25) is 0 Å². The fourth-order valence-electron chi connectivity index (χ4n) is 2.12. The van der Waals surface area contributed by atoms with Crippen molar-refractivity contribution >= 4 is 17.4 Å². The van der Waals surface area contributed by atoms with Gasteiger partial charge in [-0.15, -0.1) is 0 Å². The van der Waals surface area contributed by atoms with Gasteiger partial charge in [0.1, 0.15) is 5.75 Å². The van der Waals surface area contributed by atoms with Gasteiger partial charge in [0.15, 0.2) is 11.9 Å². The maximum absolute atomic E-state index is 12.1. The molecule has 2 aromatic rings. The van der Waals surface area contributed by atoms with Gasteiger partial charge in [0.05, 0.1) is 6.54 Å². The number of Topliss-reactive ketones (excluding diaryl/α,β-unsaturated/α-hetero) is 1. The van der Waals surface area contributed by atoms with E-state index in [4.69, 9.17) is 4.74 Å². The van der Waals surface area contributed by atoms with Crippen LogP contribution in [0.3, 0.4) is 0 Å². The fourth-order valence-corrected chi connectivity index (χ4v) is 2.12. The Morgan fingerprint density at radius 1 is 1.04 bits per heavy atom. The van der Waals surface area contributed by atoms with Crippen LogP contribution in [-0.2, 0) is 4.79 Å². The highest BCUT2D eigenvalue weighted by molar-refractivity contribution is 5.99. The molecule has 0 radical (unpaired) electrons. The van der Waals surface area contributed by atoms with Crippen molar-refractivity contribution in [1.29, 1.82) is 0 Å². The largest absolute Gasteiger partial charge is 0.481 e. The van der Waals surface area contributed by atoms with Gasteiger partial charge in [-0.2, -0.15) is 0 Å². The molecule has 0 aliphatic heterocycles. The second kappa shape index (κ2) is 8.15. The zero-order valence-electron chi connectivity index (χ0n) is 14.2. The summed E-state index contributed by atoms with van der Waals surface area (Å²) in [4.78, 5) is 26.1. The third kappa shape index (κ3) is 4.84. The summed E-state index contributed by atoms with van der Waals surface area (Å²) in [6.07, 6.45) is -0.670. The van der Waals surface area contributed by atoms with Crippen LogP contribution < -0.4 is 15.0 Å². The van der Waals surface area contributed by atoms with E-state index in [1.54, 1.807) is 31.2 Å². The molecule has 1 amide bonds. The van der Waals surface area contributed by atoms with Crippen LogP contribution in [0.25, 0.3) is 0 Å². The predicted molar refractivity (Wildman–Crippen MR) is 94.6 cm³/mol. The van der Waals surface area contributed by atoms with Gasteiger partial charge in [-0.05, 0) is 43.3 Å². The summed E-state index contributed by atoms with van der Waals surface area (Å²) in [6.45, 7) is 1.60. The quantitative estimate of drug-likeness (QED) is 0.794. The first-order valence-corrected chi connectivity index (χ1v) is 7.77. The number of ether oxygens (including phenoxy) is 1. The van der Waals surface area contributed by atoms with Crippen molar-refractivity contribution in [2.75, 3.05) is 25.5 Å². The number of benzene rings is 2. The molecule has 1 N–H and O–H groups in total. The molecule has 0 saturated carbocycles. The highest BCUT2D eigenvalue weighted by atomic mass is 16.5. The number of ketones is 1. The van der Waals surface area contributed by atoms with Crippen LogP contribution in [0.5, 0.6) is 5.75 Å². The molecular weight excluding hydrogens is 304 g/mol. The zero-order chi connectivity index (χ0) is 17.5. The number of hydrogen-bond acceptors (Lipinski definition) is 4. The number of anilines is 1. The Kier molecular flexibility index (Phi) is 5.95. The highest BCUT2D eigenvalue weighted by Crippen LogP contribution is 2.13. The molecule has 0 aromatic heterocycles. The Hall–Kier alpha value is -2.82. The maximum atomic E-state index is 12.1. The smallest absolute Gasteiger partial charge is 0.261 e. The van der Waals surface area contributed by atoms with E-state index >= 15 is 0 Å². The number of carbonyl (C=O) groups is 2. The van der Waals surface area contributed by atoms with Gasteiger partial charge < -0.3 is 15.0 Å². The third-order valence-electron chi connectivity index (χ3n) is 3.55. The Morgan fingerprint density at radius 3 is 2.25 bits per heavy atom. The Balaban J connectivity index is 1.85. The standard InChI is InChI=1S/C19H22N2O3/c1-14(24-17-7-5-4-6-8-17)19(23)20-13-18(22)15-9-11-16(12-10-15)21(2)3/h4-12,14H,13H2,1-3H3,(H,20,23). The second-order valence-electron chi connectivity index (χ2n) is 5.66. The highest BCUT2D eigenvalue weighted by Gasteiger charge is 2.16. The molecule has 1 atom stereocenters. The molecule has 0 spiro atoms. The average molecular weight is 326 g/mol. The number of hydrogen-bond donors (Lipinski definition) is 1. The third-order valence-corrected chi connectivity index (χ3v) is 3.55. The molecule has 1 unspecified atom stereocenters. The minimum Gasteiger partial charge on any atom is -0.481 e. The molecule has 2 rings (SSSR count). The summed E-state index contributed by atoms with van der Waals surface area (Å²) in [5, 5.41) is 2.61. The monoisotopic (exact) mass is 326 g/mol. The number of para-hydroxylation sites is 1. The van der Waals surface area contributed by atoms with Crippen molar-refractivity contribution in [2.45, 2.75) is 13.0 Å². The van der Waals surface area contributed by atoms with E-state index in [1.807, 2.05) is 49.3 Å². The summed E-state index contributed by atoms with van der Waals surface area (Å²) in [5.41, 5.74) is 1.58. The Bertz CT molecular complexity index is 682. The summed E-state index contributed by atoms with van der Waals surface area (Å²) in [6, 6.07) is 16.4. The van der Waals surface area contributed by atoms with Gasteiger partial charge in [-0.1, -0.05) is 18.2 Å². The van der Waals surface area contributed by atoms with Gasteiger partial charge in [-0.25, -0.2) is 0 Å². The number of carbonyl (C=O) groups excluding carboxylic acids is 2. The molecular formula is C19H22N2O3. The minimum atomic E-state index is -0.670. The van der Waals surface area contributed by atoms with Crippen LogP contribution in [-0.4, -0.2) is 38.4 Å². The number of amides is 1. The summed E-state index contributed by atoms with van der Waals surface area (Å²) >= 11 is 0. The topological polar surface area (TPSA) is 58.6 Å². The molecule has 24 heavy (non-hydrogen) atoms. The molecule has 0 saturated heterocycles. The second-order valence-corrected chi connectivity index (χ2v) is 5.66. The molecule has 2 aromatic carbocycles.